The summed E-state index contributed by atoms with van der Waals surface area (Å²) in [5.74, 6) is -1.09. The van der Waals surface area contributed by atoms with Crippen LogP contribution in [-0.2, 0) is 4.79 Å². The molecule has 0 aliphatic rings. The molecule has 3 N–H and O–H groups in total. The number of carbonyl (C=O) groups is 2. The highest BCUT2D eigenvalue weighted by atomic mass is 32.1. The number of carboxylic acids is 1. The molecule has 0 saturated heterocycles. The van der Waals surface area contributed by atoms with Crippen molar-refractivity contribution in [2.24, 2.45) is 5.73 Å². The number of allylic oxidation sites excluding steroid dienone is 2. The first kappa shape index (κ1) is 21.5. The molecule has 0 aliphatic carbocycles. The number of thiophene rings is 1. The Bertz CT molecular complexity index is 1360. The summed E-state index contributed by atoms with van der Waals surface area (Å²) in [6.07, 6.45) is 5.35. The number of nitrogens with zero attached hydrogens (tertiary/aromatic N) is 3. The number of Topliss-reactive ketones (excluding diaryl/α,β-unsaturated/α-hetero) is 1. The highest BCUT2D eigenvalue weighted by molar-refractivity contribution is 7.17. The Hall–Kier alpha value is -3.78. The molecule has 1 atom stereocenters. The monoisotopic (exact) mass is 446 g/mol. The van der Waals surface area contributed by atoms with Crippen LogP contribution in [-0.4, -0.2) is 31.4 Å². The Labute approximate surface area is 188 Å². The third-order valence-corrected chi connectivity index (χ3v) is 6.43. The first-order chi connectivity index (χ1) is 15.3. The molecule has 0 aromatic carbocycles. The number of rotatable bonds is 6. The maximum atomic E-state index is 12.2. The molecule has 0 unspecified atom stereocenters. The molecule has 8 heteroatoms. The highest BCUT2D eigenvalue weighted by Crippen LogP contribution is 2.37. The smallest absolute Gasteiger partial charge is 0.345 e. The molecule has 32 heavy (non-hydrogen) atoms. The van der Waals surface area contributed by atoms with Gasteiger partial charge in [-0.25, -0.2) is 4.79 Å². The van der Waals surface area contributed by atoms with E-state index in [1.807, 2.05) is 42.0 Å². The Morgan fingerprint density at radius 1 is 1.16 bits per heavy atom. The van der Waals surface area contributed by atoms with Crippen molar-refractivity contribution in [3.05, 3.63) is 76.8 Å². The van der Waals surface area contributed by atoms with Gasteiger partial charge in [0.2, 0.25) is 0 Å². The van der Waals surface area contributed by atoms with Crippen LogP contribution >= 0.6 is 11.3 Å². The standard InChI is InChI=1S/C24H22N4O3S/c1-13(25)22(15(3)29)16-10-19-23(27-11-16)17(20-7-8-21(32-20)24(30)31)12-28(19)14(2)18-6-4-5-9-26-18/h4-12,14H,25H2,1-3H3,(H,30,31)/b22-13+/t14-/m0/s1. The second-order valence-corrected chi connectivity index (χ2v) is 8.64. The third kappa shape index (κ3) is 3.80. The maximum Gasteiger partial charge on any atom is 0.345 e. The number of aromatic carboxylic acids is 1. The molecule has 0 saturated carbocycles. The van der Waals surface area contributed by atoms with Crippen molar-refractivity contribution in [2.75, 3.05) is 0 Å². The minimum atomic E-state index is -0.961. The molecule has 0 radical (unpaired) electrons. The molecule has 0 bridgehead atoms. The lowest BCUT2D eigenvalue weighted by atomic mass is 10.0. The van der Waals surface area contributed by atoms with Gasteiger partial charge in [-0.15, -0.1) is 11.3 Å². The minimum absolute atomic E-state index is 0.118. The first-order valence-corrected chi connectivity index (χ1v) is 10.8. The van der Waals surface area contributed by atoms with Gasteiger partial charge in [-0.05, 0) is 51.1 Å². The van der Waals surface area contributed by atoms with Gasteiger partial charge in [-0.1, -0.05) is 6.07 Å². The predicted molar refractivity (Wildman–Crippen MR) is 126 cm³/mol. The lowest BCUT2D eigenvalue weighted by Gasteiger charge is -2.15. The number of nitrogens with two attached hydrogens (primary N) is 1. The van der Waals surface area contributed by atoms with Crippen LogP contribution in [0.25, 0.3) is 27.0 Å². The van der Waals surface area contributed by atoms with Gasteiger partial charge in [0.25, 0.3) is 0 Å². The fourth-order valence-corrected chi connectivity index (χ4v) is 4.69. The van der Waals surface area contributed by atoms with E-state index in [9.17, 15) is 14.7 Å². The van der Waals surface area contributed by atoms with E-state index in [-0.39, 0.29) is 16.7 Å². The van der Waals surface area contributed by atoms with Crippen molar-refractivity contribution >= 4 is 39.7 Å². The SMILES string of the molecule is CC(=O)/C(=C(/C)N)c1cnc2c(-c3ccc(C(=O)O)s3)cn([C@@H](C)c3ccccn3)c2c1. The average Bonchev–Trinajstić information content (AvgIpc) is 3.38. The summed E-state index contributed by atoms with van der Waals surface area (Å²) < 4.78 is 2.05. The number of aromatic nitrogens is 3. The number of carbonyl (C=O) groups excluding carboxylic acids is 1. The predicted octanol–water partition coefficient (Wildman–Crippen LogP) is 4.75. The summed E-state index contributed by atoms with van der Waals surface area (Å²) in [5, 5.41) is 9.33. The van der Waals surface area contributed by atoms with E-state index < -0.39 is 5.97 Å². The minimum Gasteiger partial charge on any atom is -0.477 e. The van der Waals surface area contributed by atoms with Gasteiger partial charge >= 0.3 is 5.97 Å². The van der Waals surface area contributed by atoms with Gasteiger partial charge < -0.3 is 15.4 Å². The zero-order valence-electron chi connectivity index (χ0n) is 17.9. The Balaban J connectivity index is 1.97. The normalized spacial score (nSPS) is 13.1. The van der Waals surface area contributed by atoms with Crippen LogP contribution in [0.5, 0.6) is 0 Å². The van der Waals surface area contributed by atoms with Gasteiger partial charge in [0.15, 0.2) is 5.78 Å². The molecule has 4 aromatic heterocycles. The Morgan fingerprint density at radius 2 is 1.94 bits per heavy atom. The van der Waals surface area contributed by atoms with Gasteiger partial charge in [0.1, 0.15) is 4.88 Å². The number of pyridine rings is 2. The quantitative estimate of drug-likeness (QED) is 0.414. The summed E-state index contributed by atoms with van der Waals surface area (Å²) >= 11 is 1.20. The second kappa shape index (κ2) is 8.39. The topological polar surface area (TPSA) is 111 Å². The van der Waals surface area contributed by atoms with Crippen LogP contribution in [0.3, 0.4) is 0 Å². The molecule has 162 valence electrons. The fraction of sp³-hybridized carbons (Fsp3) is 0.167. The lowest BCUT2D eigenvalue weighted by Crippen LogP contribution is -2.08. The molecule has 0 amide bonds. The molecular weight excluding hydrogens is 424 g/mol. The van der Waals surface area contributed by atoms with E-state index in [2.05, 4.69) is 9.97 Å². The van der Waals surface area contributed by atoms with E-state index in [1.165, 1.54) is 18.3 Å². The van der Waals surface area contributed by atoms with Crippen LogP contribution in [0.4, 0.5) is 0 Å². The molecule has 7 nitrogen and oxygen atoms in total. The van der Waals surface area contributed by atoms with Crippen molar-refractivity contribution in [2.45, 2.75) is 26.8 Å². The molecule has 0 aliphatic heterocycles. The van der Waals surface area contributed by atoms with Crippen molar-refractivity contribution < 1.29 is 14.7 Å². The van der Waals surface area contributed by atoms with Crippen molar-refractivity contribution in [3.8, 4) is 10.4 Å². The molecule has 4 heterocycles. The van der Waals surface area contributed by atoms with E-state index in [1.54, 1.807) is 31.5 Å². The Morgan fingerprint density at radius 3 is 2.53 bits per heavy atom. The molecule has 4 rings (SSSR count). The molecule has 0 fully saturated rings. The van der Waals surface area contributed by atoms with Gasteiger partial charge in [-0.2, -0.15) is 0 Å². The van der Waals surface area contributed by atoms with E-state index in [4.69, 9.17) is 5.73 Å². The van der Waals surface area contributed by atoms with Crippen LogP contribution in [0.1, 0.15) is 47.7 Å². The molecular formula is C24H22N4O3S. The van der Waals surface area contributed by atoms with Crippen LogP contribution in [0, 0.1) is 0 Å². The van der Waals surface area contributed by atoms with Crippen molar-refractivity contribution in [1.82, 2.24) is 14.5 Å². The fourth-order valence-electron chi connectivity index (χ4n) is 3.84. The summed E-state index contributed by atoms with van der Waals surface area (Å²) in [6, 6.07) is 10.9. The maximum absolute atomic E-state index is 12.2. The van der Waals surface area contributed by atoms with Crippen LogP contribution < -0.4 is 5.73 Å². The average molecular weight is 447 g/mol. The molecule has 4 aromatic rings. The van der Waals surface area contributed by atoms with Crippen molar-refractivity contribution in [1.29, 1.82) is 0 Å². The van der Waals surface area contributed by atoms with Gasteiger partial charge in [0.05, 0.1) is 22.8 Å². The third-order valence-electron chi connectivity index (χ3n) is 5.32. The number of hydrogen-bond donors (Lipinski definition) is 2. The van der Waals surface area contributed by atoms with E-state index in [0.29, 0.717) is 22.4 Å². The zero-order valence-corrected chi connectivity index (χ0v) is 18.7. The molecule has 0 spiro atoms. The number of hydrogen-bond acceptors (Lipinski definition) is 6. The Kier molecular flexibility index (Phi) is 5.63. The highest BCUT2D eigenvalue weighted by Gasteiger charge is 2.21. The second-order valence-electron chi connectivity index (χ2n) is 7.56. The van der Waals surface area contributed by atoms with Gasteiger partial charge in [0, 0.05) is 45.9 Å². The summed E-state index contributed by atoms with van der Waals surface area (Å²) in [7, 11) is 0. The number of carboxylic acid groups (broad SMARTS) is 1. The van der Waals surface area contributed by atoms with Crippen molar-refractivity contribution in [3.63, 3.8) is 0 Å². The number of ketones is 1. The van der Waals surface area contributed by atoms with E-state index >= 15 is 0 Å². The van der Waals surface area contributed by atoms with Gasteiger partial charge in [-0.3, -0.25) is 14.8 Å². The summed E-state index contributed by atoms with van der Waals surface area (Å²) in [4.78, 5) is 33.8. The summed E-state index contributed by atoms with van der Waals surface area (Å²) in [6.45, 7) is 5.21. The number of fused-ring (bicyclic) bond motifs is 1. The lowest BCUT2D eigenvalue weighted by molar-refractivity contribution is -0.111. The zero-order chi connectivity index (χ0) is 23.0. The van der Waals surface area contributed by atoms with Crippen LogP contribution in [0.2, 0.25) is 0 Å². The van der Waals surface area contributed by atoms with E-state index in [0.717, 1.165) is 21.7 Å². The largest absolute Gasteiger partial charge is 0.477 e. The van der Waals surface area contributed by atoms with Crippen LogP contribution in [0.15, 0.2) is 60.7 Å². The first-order valence-electron chi connectivity index (χ1n) is 10.0. The summed E-state index contributed by atoms with van der Waals surface area (Å²) in [5.41, 5.74) is 10.7.